The SMILES string of the molecule is O=C1C2=CC=CCN2C(Cc2cnc(Cl)s2)N(O)C1c1cc(Br)ccc1F. The zero-order valence-corrected chi connectivity index (χ0v) is 17.0. The largest absolute Gasteiger partial charge is 0.347 e. The van der Waals surface area contributed by atoms with Crippen molar-refractivity contribution in [1.29, 1.82) is 0 Å². The number of ketones is 1. The topological polar surface area (TPSA) is 56.7 Å². The number of aromatic nitrogens is 1. The van der Waals surface area contributed by atoms with Crippen LogP contribution in [0.5, 0.6) is 0 Å². The lowest BCUT2D eigenvalue weighted by molar-refractivity contribution is -0.209. The number of allylic oxidation sites excluding steroid dienone is 2. The Balaban J connectivity index is 1.77. The predicted octanol–water partition coefficient (Wildman–Crippen LogP) is 4.34. The van der Waals surface area contributed by atoms with E-state index in [0.29, 0.717) is 27.6 Å². The molecular formula is C18H14BrClFN3O2S. The summed E-state index contributed by atoms with van der Waals surface area (Å²) in [5, 5.41) is 11.9. The van der Waals surface area contributed by atoms with Crippen molar-refractivity contribution in [3.8, 4) is 0 Å². The number of hydrogen-bond acceptors (Lipinski definition) is 6. The van der Waals surface area contributed by atoms with Gasteiger partial charge < -0.3 is 10.1 Å². The van der Waals surface area contributed by atoms with Gasteiger partial charge in [-0.2, -0.15) is 5.06 Å². The number of carbonyl (C=O) groups excluding carboxylic acids is 1. The van der Waals surface area contributed by atoms with E-state index in [0.717, 1.165) is 9.94 Å². The third-order valence-electron chi connectivity index (χ3n) is 4.59. The van der Waals surface area contributed by atoms with Gasteiger partial charge in [-0.25, -0.2) is 9.37 Å². The highest BCUT2D eigenvalue weighted by atomic mass is 79.9. The zero-order valence-electron chi connectivity index (χ0n) is 13.8. The molecule has 140 valence electrons. The maximum Gasteiger partial charge on any atom is 0.203 e. The van der Waals surface area contributed by atoms with E-state index < -0.39 is 18.0 Å². The van der Waals surface area contributed by atoms with Crippen molar-refractivity contribution < 1.29 is 14.4 Å². The van der Waals surface area contributed by atoms with Gasteiger partial charge in [0.05, 0.1) is 5.70 Å². The van der Waals surface area contributed by atoms with Crippen molar-refractivity contribution in [2.24, 2.45) is 0 Å². The van der Waals surface area contributed by atoms with Gasteiger partial charge in [0.15, 0.2) is 4.47 Å². The average Bonchev–Trinajstić information content (AvgIpc) is 3.06. The third kappa shape index (κ3) is 3.48. The fourth-order valence-corrected chi connectivity index (χ4v) is 4.76. The highest BCUT2D eigenvalue weighted by Crippen LogP contribution is 2.38. The van der Waals surface area contributed by atoms with Crippen LogP contribution in [0.4, 0.5) is 4.39 Å². The molecule has 1 aromatic carbocycles. The summed E-state index contributed by atoms with van der Waals surface area (Å²) in [5.41, 5.74) is 0.576. The summed E-state index contributed by atoms with van der Waals surface area (Å²) < 4.78 is 15.5. The van der Waals surface area contributed by atoms with E-state index in [9.17, 15) is 14.4 Å². The molecule has 0 radical (unpaired) electrons. The summed E-state index contributed by atoms with van der Waals surface area (Å²) in [5.74, 6) is -0.895. The van der Waals surface area contributed by atoms with Gasteiger partial charge in [0.1, 0.15) is 18.0 Å². The van der Waals surface area contributed by atoms with E-state index in [1.807, 2.05) is 11.0 Å². The third-order valence-corrected chi connectivity index (χ3v) is 6.22. The summed E-state index contributed by atoms with van der Waals surface area (Å²) in [6, 6.07) is 3.22. The Morgan fingerprint density at radius 3 is 3.00 bits per heavy atom. The van der Waals surface area contributed by atoms with E-state index in [2.05, 4.69) is 20.9 Å². The highest BCUT2D eigenvalue weighted by Gasteiger charge is 2.45. The number of thiazole rings is 1. The number of hydrogen-bond donors (Lipinski definition) is 1. The number of Topliss-reactive ketones (excluding diaryl/α,β-unsaturated/α-hetero) is 1. The van der Waals surface area contributed by atoms with E-state index in [4.69, 9.17) is 11.6 Å². The first-order valence-corrected chi connectivity index (χ1v) is 10.1. The molecule has 0 spiro atoms. The van der Waals surface area contributed by atoms with Gasteiger partial charge in [-0.1, -0.05) is 39.7 Å². The number of carbonyl (C=O) groups is 1. The second kappa shape index (κ2) is 7.44. The van der Waals surface area contributed by atoms with E-state index in [-0.39, 0.29) is 11.3 Å². The van der Waals surface area contributed by atoms with Crippen LogP contribution in [-0.4, -0.2) is 38.6 Å². The summed E-state index contributed by atoms with van der Waals surface area (Å²) in [7, 11) is 0. The quantitative estimate of drug-likeness (QED) is 0.723. The van der Waals surface area contributed by atoms with Crippen LogP contribution in [0, 0.1) is 5.82 Å². The molecule has 2 aromatic rings. The Labute approximate surface area is 172 Å². The van der Waals surface area contributed by atoms with Crippen molar-refractivity contribution in [1.82, 2.24) is 14.9 Å². The Hall–Kier alpha value is -1.58. The van der Waals surface area contributed by atoms with E-state index in [1.165, 1.54) is 23.5 Å². The van der Waals surface area contributed by atoms with Gasteiger partial charge in [-0.15, -0.1) is 11.3 Å². The lowest BCUT2D eigenvalue weighted by Gasteiger charge is -2.46. The molecule has 0 amide bonds. The van der Waals surface area contributed by atoms with Crippen molar-refractivity contribution in [3.05, 3.63) is 73.5 Å². The van der Waals surface area contributed by atoms with Crippen LogP contribution in [0.3, 0.4) is 0 Å². The molecule has 1 N–H and O–H groups in total. The molecule has 2 atom stereocenters. The Morgan fingerprint density at radius 2 is 2.26 bits per heavy atom. The molecule has 1 fully saturated rings. The molecule has 1 aromatic heterocycles. The number of rotatable bonds is 3. The molecule has 2 aliphatic rings. The Bertz CT molecular complexity index is 964. The summed E-state index contributed by atoms with van der Waals surface area (Å²) in [4.78, 5) is 19.8. The van der Waals surface area contributed by atoms with Crippen molar-refractivity contribution in [2.45, 2.75) is 18.6 Å². The minimum Gasteiger partial charge on any atom is -0.347 e. The van der Waals surface area contributed by atoms with Crippen LogP contribution in [-0.2, 0) is 11.2 Å². The van der Waals surface area contributed by atoms with Gasteiger partial charge in [-0.05, 0) is 24.3 Å². The van der Waals surface area contributed by atoms with Crippen molar-refractivity contribution >= 4 is 44.7 Å². The first-order valence-electron chi connectivity index (χ1n) is 8.16. The highest BCUT2D eigenvalue weighted by molar-refractivity contribution is 9.10. The van der Waals surface area contributed by atoms with Crippen LogP contribution in [0.1, 0.15) is 16.5 Å². The molecule has 0 saturated carbocycles. The maximum absolute atomic E-state index is 14.5. The minimum atomic E-state index is -1.13. The molecule has 5 nitrogen and oxygen atoms in total. The predicted molar refractivity (Wildman–Crippen MR) is 104 cm³/mol. The smallest absolute Gasteiger partial charge is 0.203 e. The molecule has 0 bridgehead atoms. The number of hydroxylamine groups is 2. The molecule has 4 rings (SSSR count). The number of benzene rings is 1. The fraction of sp³-hybridized carbons (Fsp3) is 0.222. The first kappa shape index (κ1) is 18.8. The molecule has 27 heavy (non-hydrogen) atoms. The molecule has 1 saturated heterocycles. The van der Waals surface area contributed by atoms with Crippen LogP contribution in [0.15, 0.2) is 52.8 Å². The van der Waals surface area contributed by atoms with Gasteiger partial charge in [0.2, 0.25) is 5.78 Å². The number of halogens is 3. The molecule has 2 aliphatic heterocycles. The van der Waals surface area contributed by atoms with Gasteiger partial charge >= 0.3 is 0 Å². The number of fused-ring (bicyclic) bond motifs is 1. The van der Waals surface area contributed by atoms with Crippen molar-refractivity contribution in [3.63, 3.8) is 0 Å². The lowest BCUT2D eigenvalue weighted by atomic mass is 9.93. The molecule has 0 aliphatic carbocycles. The van der Waals surface area contributed by atoms with Gasteiger partial charge in [0, 0.05) is 34.1 Å². The van der Waals surface area contributed by atoms with E-state index >= 15 is 0 Å². The first-order chi connectivity index (χ1) is 13.0. The fourth-order valence-electron chi connectivity index (χ4n) is 3.38. The number of nitrogens with zero attached hydrogens (tertiary/aromatic N) is 3. The van der Waals surface area contributed by atoms with Crippen LogP contribution < -0.4 is 0 Å². The summed E-state index contributed by atoms with van der Waals surface area (Å²) in [6.45, 7) is 0.472. The monoisotopic (exact) mass is 469 g/mol. The molecular weight excluding hydrogens is 457 g/mol. The van der Waals surface area contributed by atoms with Crippen LogP contribution in [0.25, 0.3) is 0 Å². The Morgan fingerprint density at radius 1 is 1.44 bits per heavy atom. The van der Waals surface area contributed by atoms with Crippen molar-refractivity contribution in [2.75, 3.05) is 6.54 Å². The molecule has 9 heteroatoms. The van der Waals surface area contributed by atoms with E-state index in [1.54, 1.807) is 24.4 Å². The summed E-state index contributed by atoms with van der Waals surface area (Å²) >= 11 is 10.5. The zero-order chi connectivity index (χ0) is 19.1. The maximum atomic E-state index is 14.5. The van der Waals surface area contributed by atoms with Gasteiger partial charge in [-0.3, -0.25) is 4.79 Å². The van der Waals surface area contributed by atoms with Gasteiger partial charge in [0.25, 0.3) is 0 Å². The minimum absolute atomic E-state index is 0.124. The molecule has 2 unspecified atom stereocenters. The second-order valence-corrected chi connectivity index (χ2v) is 8.82. The summed E-state index contributed by atoms with van der Waals surface area (Å²) in [6.07, 6.45) is 6.89. The Kier molecular flexibility index (Phi) is 5.17. The van der Waals surface area contributed by atoms with Crippen LogP contribution in [0.2, 0.25) is 4.47 Å². The normalized spacial score (nSPS) is 22.7. The average molecular weight is 471 g/mol. The van der Waals surface area contributed by atoms with Crippen LogP contribution >= 0.6 is 38.9 Å². The second-order valence-electron chi connectivity index (χ2n) is 6.21. The lowest BCUT2D eigenvalue weighted by Crippen LogP contribution is -2.57. The molecule has 3 heterocycles. The standard InChI is InChI=1S/C18H14BrClFN3O2S/c19-10-4-5-13(21)12(7-10)16-17(25)14-3-1-2-6-23(14)15(24(16)26)8-11-9-22-18(20)27-11/h1-5,7,9,15-16,26H,6,8H2.